The standard InChI is InChI=1S/C28H26FN3OS2/c1-34-21-14-8-18(9-15-21)26-24-6-4-16-31(24)27-23(22-5-2-3-7-25(22)35-27)17-32(26)28(33)30-20-12-10-19(29)11-13-20/h4,6,8-16,26H,2-3,5,7,17H2,1H3,(H,30,33)/t26-/m0/s1. The number of carbonyl (C=O) groups is 1. The lowest BCUT2D eigenvalue weighted by atomic mass is 9.95. The summed E-state index contributed by atoms with van der Waals surface area (Å²) in [6.45, 7) is 0.533. The molecule has 3 heterocycles. The lowest BCUT2D eigenvalue weighted by molar-refractivity contribution is 0.194. The van der Waals surface area contributed by atoms with E-state index < -0.39 is 0 Å². The van der Waals surface area contributed by atoms with Gasteiger partial charge in [-0.1, -0.05) is 12.1 Å². The second-order valence-corrected chi connectivity index (χ2v) is 11.0. The number of anilines is 1. The first kappa shape index (κ1) is 22.4. The minimum absolute atomic E-state index is 0.188. The van der Waals surface area contributed by atoms with E-state index in [-0.39, 0.29) is 17.9 Å². The fourth-order valence-electron chi connectivity index (χ4n) is 5.25. The van der Waals surface area contributed by atoms with Gasteiger partial charge in [0.05, 0.1) is 18.3 Å². The number of benzene rings is 2. The number of aromatic nitrogens is 1. The van der Waals surface area contributed by atoms with Crippen LogP contribution in [-0.4, -0.2) is 21.8 Å². The van der Waals surface area contributed by atoms with E-state index in [1.54, 1.807) is 23.9 Å². The zero-order valence-corrected chi connectivity index (χ0v) is 21.1. The van der Waals surface area contributed by atoms with Crippen LogP contribution in [0.25, 0.3) is 5.00 Å². The third-order valence-electron chi connectivity index (χ3n) is 6.97. The van der Waals surface area contributed by atoms with Crippen LogP contribution in [0.2, 0.25) is 0 Å². The SMILES string of the molecule is CSc1ccc([C@H]2c3cccn3-c3sc4c(c3CN2C(=O)Nc2ccc(F)cc2)CCCC4)cc1. The van der Waals surface area contributed by atoms with Gasteiger partial charge < -0.3 is 14.8 Å². The van der Waals surface area contributed by atoms with Gasteiger partial charge in [-0.05, 0) is 91.6 Å². The predicted octanol–water partition coefficient (Wildman–Crippen LogP) is 7.42. The predicted molar refractivity (Wildman–Crippen MR) is 141 cm³/mol. The zero-order chi connectivity index (χ0) is 23.9. The van der Waals surface area contributed by atoms with Crippen LogP contribution in [0.15, 0.2) is 71.8 Å². The minimum atomic E-state index is -0.322. The molecule has 0 unspecified atom stereocenters. The highest BCUT2D eigenvalue weighted by molar-refractivity contribution is 7.98. The molecule has 0 bridgehead atoms. The van der Waals surface area contributed by atoms with Gasteiger partial charge in [-0.3, -0.25) is 0 Å². The van der Waals surface area contributed by atoms with Crippen molar-refractivity contribution in [2.24, 2.45) is 0 Å². The molecule has 2 aromatic heterocycles. The van der Waals surface area contributed by atoms with Crippen molar-refractivity contribution in [2.75, 3.05) is 11.6 Å². The van der Waals surface area contributed by atoms with Gasteiger partial charge in [-0.25, -0.2) is 9.18 Å². The van der Waals surface area contributed by atoms with Crippen molar-refractivity contribution in [3.05, 3.63) is 99.9 Å². The molecule has 1 aliphatic carbocycles. The van der Waals surface area contributed by atoms with Crippen molar-refractivity contribution in [2.45, 2.75) is 43.2 Å². The number of nitrogens with zero attached hydrogens (tertiary/aromatic N) is 2. The molecule has 178 valence electrons. The molecular weight excluding hydrogens is 477 g/mol. The summed E-state index contributed by atoms with van der Waals surface area (Å²) < 4.78 is 15.8. The van der Waals surface area contributed by atoms with E-state index in [0.29, 0.717) is 12.2 Å². The van der Waals surface area contributed by atoms with Crippen LogP contribution < -0.4 is 5.32 Å². The lowest BCUT2D eigenvalue weighted by Crippen LogP contribution is -2.38. The Morgan fingerprint density at radius 3 is 2.57 bits per heavy atom. The van der Waals surface area contributed by atoms with E-state index in [9.17, 15) is 9.18 Å². The van der Waals surface area contributed by atoms with Crippen LogP contribution in [-0.2, 0) is 19.4 Å². The van der Waals surface area contributed by atoms with Crippen molar-refractivity contribution < 1.29 is 9.18 Å². The Hall–Kier alpha value is -3.03. The third kappa shape index (κ3) is 4.06. The number of halogens is 1. The molecule has 0 saturated carbocycles. The zero-order valence-electron chi connectivity index (χ0n) is 19.5. The molecule has 1 N–H and O–H groups in total. The van der Waals surface area contributed by atoms with E-state index in [0.717, 1.165) is 24.1 Å². The van der Waals surface area contributed by atoms with Crippen molar-refractivity contribution in [3.63, 3.8) is 0 Å². The molecule has 1 atom stereocenters. The highest BCUT2D eigenvalue weighted by atomic mass is 32.2. The first-order valence-electron chi connectivity index (χ1n) is 11.9. The number of aryl methyl sites for hydroxylation is 1. The van der Waals surface area contributed by atoms with Crippen LogP contribution in [0.3, 0.4) is 0 Å². The first-order valence-corrected chi connectivity index (χ1v) is 13.9. The second-order valence-electron chi connectivity index (χ2n) is 9.04. The number of urea groups is 1. The topological polar surface area (TPSA) is 37.3 Å². The number of fused-ring (bicyclic) bond motifs is 5. The molecule has 1 aliphatic heterocycles. The highest BCUT2D eigenvalue weighted by Crippen LogP contribution is 2.44. The van der Waals surface area contributed by atoms with Crippen molar-refractivity contribution >= 4 is 34.8 Å². The summed E-state index contributed by atoms with van der Waals surface area (Å²) in [7, 11) is 0. The minimum Gasteiger partial charge on any atom is -0.310 e. The molecule has 4 aromatic rings. The number of carbonyl (C=O) groups excluding carboxylic acids is 1. The molecule has 35 heavy (non-hydrogen) atoms. The Kier molecular flexibility index (Phi) is 5.90. The van der Waals surface area contributed by atoms with Gasteiger partial charge in [0.2, 0.25) is 0 Å². The van der Waals surface area contributed by atoms with Crippen LogP contribution in [0.4, 0.5) is 14.9 Å². The number of rotatable bonds is 3. The number of hydrogen-bond acceptors (Lipinski definition) is 3. The van der Waals surface area contributed by atoms with E-state index in [4.69, 9.17) is 0 Å². The van der Waals surface area contributed by atoms with E-state index in [1.807, 2.05) is 16.2 Å². The fourth-order valence-corrected chi connectivity index (χ4v) is 7.06. The molecule has 2 aromatic carbocycles. The van der Waals surface area contributed by atoms with Crippen LogP contribution in [0.1, 0.15) is 46.1 Å². The van der Waals surface area contributed by atoms with Crippen molar-refractivity contribution in [1.29, 1.82) is 0 Å². The van der Waals surface area contributed by atoms with E-state index in [1.165, 1.54) is 50.9 Å². The summed E-state index contributed by atoms with van der Waals surface area (Å²) in [6, 6.07) is 18.2. The van der Waals surface area contributed by atoms with Gasteiger partial charge in [-0.15, -0.1) is 23.1 Å². The molecule has 0 saturated heterocycles. The summed E-state index contributed by atoms with van der Waals surface area (Å²) in [5.74, 6) is -0.322. The fraction of sp³-hybridized carbons (Fsp3) is 0.250. The smallest absolute Gasteiger partial charge is 0.310 e. The summed E-state index contributed by atoms with van der Waals surface area (Å²) in [4.78, 5) is 18.4. The Morgan fingerprint density at radius 1 is 1.03 bits per heavy atom. The summed E-state index contributed by atoms with van der Waals surface area (Å²) in [6.07, 6.45) is 8.79. The molecule has 2 amide bonds. The maximum atomic E-state index is 13.9. The van der Waals surface area contributed by atoms with Crippen LogP contribution in [0, 0.1) is 5.82 Å². The maximum Gasteiger partial charge on any atom is 0.322 e. The number of nitrogens with one attached hydrogen (secondary N) is 1. The number of hydrogen-bond donors (Lipinski definition) is 1. The van der Waals surface area contributed by atoms with Gasteiger partial charge in [0.25, 0.3) is 0 Å². The molecule has 4 nitrogen and oxygen atoms in total. The number of thiophene rings is 1. The highest BCUT2D eigenvalue weighted by Gasteiger charge is 2.36. The molecule has 2 aliphatic rings. The van der Waals surface area contributed by atoms with Gasteiger partial charge in [-0.2, -0.15) is 0 Å². The average Bonchev–Trinajstić information content (AvgIpc) is 3.47. The summed E-state index contributed by atoms with van der Waals surface area (Å²) in [5.41, 5.74) is 5.42. The van der Waals surface area contributed by atoms with E-state index >= 15 is 0 Å². The third-order valence-corrected chi connectivity index (χ3v) is 9.04. The van der Waals surface area contributed by atoms with Crippen molar-refractivity contribution in [3.8, 4) is 5.00 Å². The summed E-state index contributed by atoms with van der Waals surface area (Å²) in [5, 5.41) is 4.26. The maximum absolute atomic E-state index is 13.9. The summed E-state index contributed by atoms with van der Waals surface area (Å²) >= 11 is 3.59. The molecule has 0 fully saturated rings. The van der Waals surface area contributed by atoms with E-state index in [2.05, 4.69) is 58.7 Å². The van der Waals surface area contributed by atoms with Crippen LogP contribution >= 0.6 is 23.1 Å². The quantitative estimate of drug-likeness (QED) is 0.296. The first-order chi connectivity index (χ1) is 17.1. The van der Waals surface area contributed by atoms with Crippen LogP contribution in [0.5, 0.6) is 0 Å². The Balaban J connectivity index is 1.48. The van der Waals surface area contributed by atoms with Gasteiger partial charge >= 0.3 is 6.03 Å². The molecule has 0 radical (unpaired) electrons. The normalized spacial score (nSPS) is 16.7. The Morgan fingerprint density at radius 2 is 1.80 bits per heavy atom. The Bertz CT molecular complexity index is 1370. The Labute approximate surface area is 212 Å². The second kappa shape index (κ2) is 9.21. The lowest BCUT2D eigenvalue weighted by Gasteiger charge is -2.31. The molecule has 0 spiro atoms. The molecule has 7 heteroatoms. The largest absolute Gasteiger partial charge is 0.322 e. The molecule has 6 rings (SSSR count). The van der Waals surface area contributed by atoms with Gasteiger partial charge in [0.15, 0.2) is 0 Å². The van der Waals surface area contributed by atoms with Gasteiger partial charge in [0, 0.05) is 27.2 Å². The van der Waals surface area contributed by atoms with Gasteiger partial charge in [0.1, 0.15) is 10.8 Å². The monoisotopic (exact) mass is 503 g/mol. The average molecular weight is 504 g/mol. The number of thioether (sulfide) groups is 1. The molecular formula is C28H26FN3OS2. The van der Waals surface area contributed by atoms with Crippen molar-refractivity contribution in [1.82, 2.24) is 9.47 Å². The number of amides is 2.